The summed E-state index contributed by atoms with van der Waals surface area (Å²) in [7, 11) is 0. The van der Waals surface area contributed by atoms with E-state index in [9.17, 15) is 19.7 Å². The zero-order chi connectivity index (χ0) is 14.4. The highest BCUT2D eigenvalue weighted by atomic mass is 19.1. The Labute approximate surface area is 111 Å². The number of imidazole rings is 1. The normalized spacial score (nSPS) is 30.8. The zero-order valence-electron chi connectivity index (χ0n) is 10.1. The fourth-order valence-electron chi connectivity index (χ4n) is 2.07. The average Bonchev–Trinajstić information content (AvgIpc) is 2.77. The molecule has 10 heteroatoms. The average molecular weight is 285 g/mol. The number of hydrogen-bond acceptors (Lipinski definition) is 8. The summed E-state index contributed by atoms with van der Waals surface area (Å²) in [5, 5.41) is 28.9. The number of aromatic amines is 1. The summed E-state index contributed by atoms with van der Waals surface area (Å²) >= 11 is 0. The largest absolute Gasteiger partial charge is 0.388 e. The SMILES string of the molecule is Nc1nc(C2OC[C@@H](O)[C@@H](O)[C@@H]2O)nc2nc(F)[nH]c12. The Bertz CT molecular complexity index is 650. The molecule has 3 heterocycles. The summed E-state index contributed by atoms with van der Waals surface area (Å²) in [6.45, 7) is -0.195. The first-order valence-corrected chi connectivity index (χ1v) is 5.82. The van der Waals surface area contributed by atoms with Gasteiger partial charge in [0.1, 0.15) is 29.9 Å². The van der Waals surface area contributed by atoms with E-state index in [1.54, 1.807) is 0 Å². The van der Waals surface area contributed by atoms with Crippen molar-refractivity contribution in [2.24, 2.45) is 0 Å². The quantitative estimate of drug-likeness (QED) is 0.386. The van der Waals surface area contributed by atoms with E-state index in [1.807, 2.05) is 0 Å². The van der Waals surface area contributed by atoms with Crippen molar-refractivity contribution in [3.8, 4) is 0 Å². The van der Waals surface area contributed by atoms with Crippen LogP contribution in [0.1, 0.15) is 11.9 Å². The first-order valence-electron chi connectivity index (χ1n) is 5.82. The Hall–Kier alpha value is -1.88. The lowest BCUT2D eigenvalue weighted by Gasteiger charge is -2.34. The highest BCUT2D eigenvalue weighted by molar-refractivity contribution is 5.80. The van der Waals surface area contributed by atoms with Crippen molar-refractivity contribution in [2.75, 3.05) is 12.3 Å². The molecular formula is C10H12FN5O4. The van der Waals surface area contributed by atoms with Gasteiger partial charge >= 0.3 is 0 Å². The van der Waals surface area contributed by atoms with Crippen LogP contribution in [0.5, 0.6) is 0 Å². The van der Waals surface area contributed by atoms with Gasteiger partial charge in [0, 0.05) is 0 Å². The Morgan fingerprint density at radius 1 is 1.20 bits per heavy atom. The molecular weight excluding hydrogens is 273 g/mol. The summed E-state index contributed by atoms with van der Waals surface area (Å²) in [6, 6.07) is 0. The Morgan fingerprint density at radius 2 is 1.95 bits per heavy atom. The Morgan fingerprint density at radius 3 is 2.70 bits per heavy atom. The predicted octanol–water partition coefficient (Wildman–Crippen LogP) is -1.77. The highest BCUT2D eigenvalue weighted by Gasteiger charge is 2.40. The van der Waals surface area contributed by atoms with Crippen LogP contribution in [0.25, 0.3) is 11.2 Å². The summed E-state index contributed by atoms with van der Waals surface area (Å²) in [4.78, 5) is 13.6. The smallest absolute Gasteiger partial charge is 0.289 e. The number of aromatic nitrogens is 4. The number of anilines is 1. The predicted molar refractivity (Wildman–Crippen MR) is 62.8 cm³/mol. The standard InChI is InChI=1S/C10H12FN5O4/c11-10-13-3-7(12)14-9(15-8(3)16-10)6-5(19)4(18)2(17)1-20-6/h2,4-6,17-19H,1H2,(H3,12,13,14,15,16)/t2-,4-,5+,6?/m1/s1. The van der Waals surface area contributed by atoms with Crippen molar-refractivity contribution >= 4 is 17.0 Å². The fraction of sp³-hybridized carbons (Fsp3) is 0.500. The van der Waals surface area contributed by atoms with E-state index < -0.39 is 30.5 Å². The molecule has 1 aliphatic rings. The molecule has 2 aromatic rings. The molecule has 1 fully saturated rings. The molecule has 20 heavy (non-hydrogen) atoms. The number of nitrogens with one attached hydrogen (secondary N) is 1. The monoisotopic (exact) mass is 285 g/mol. The molecule has 0 spiro atoms. The molecule has 0 saturated carbocycles. The third kappa shape index (κ3) is 1.98. The maximum Gasteiger partial charge on any atom is 0.289 e. The lowest BCUT2D eigenvalue weighted by Crippen LogP contribution is -2.49. The zero-order valence-corrected chi connectivity index (χ0v) is 10.1. The van der Waals surface area contributed by atoms with E-state index in [2.05, 4.69) is 19.9 Å². The van der Waals surface area contributed by atoms with E-state index >= 15 is 0 Å². The van der Waals surface area contributed by atoms with Crippen molar-refractivity contribution in [3.63, 3.8) is 0 Å². The highest BCUT2D eigenvalue weighted by Crippen LogP contribution is 2.28. The van der Waals surface area contributed by atoms with Crippen LogP contribution in [-0.4, -0.2) is 60.2 Å². The van der Waals surface area contributed by atoms with Gasteiger partial charge in [-0.3, -0.25) is 0 Å². The molecule has 9 nitrogen and oxygen atoms in total. The van der Waals surface area contributed by atoms with Crippen LogP contribution in [0, 0.1) is 6.08 Å². The number of H-pyrrole nitrogens is 1. The van der Waals surface area contributed by atoms with Gasteiger partial charge in [0.05, 0.1) is 6.61 Å². The molecule has 6 N–H and O–H groups in total. The van der Waals surface area contributed by atoms with Crippen LogP contribution in [0.2, 0.25) is 0 Å². The van der Waals surface area contributed by atoms with Gasteiger partial charge in [-0.25, -0.2) is 9.97 Å². The van der Waals surface area contributed by atoms with Crippen molar-refractivity contribution in [1.82, 2.24) is 19.9 Å². The third-order valence-electron chi connectivity index (χ3n) is 3.12. The summed E-state index contributed by atoms with van der Waals surface area (Å²) in [5.74, 6) is -0.0993. The number of nitrogens with zero attached hydrogens (tertiary/aromatic N) is 3. The van der Waals surface area contributed by atoms with Crippen LogP contribution in [0.4, 0.5) is 10.2 Å². The molecule has 2 aromatic heterocycles. The molecule has 4 atom stereocenters. The van der Waals surface area contributed by atoms with Crippen LogP contribution < -0.4 is 5.73 Å². The minimum atomic E-state index is -1.43. The molecule has 108 valence electrons. The first kappa shape index (κ1) is 13.1. The van der Waals surface area contributed by atoms with Gasteiger partial charge in [0.2, 0.25) is 0 Å². The van der Waals surface area contributed by atoms with E-state index in [4.69, 9.17) is 10.5 Å². The van der Waals surface area contributed by atoms with Gasteiger partial charge in [0.15, 0.2) is 17.3 Å². The third-order valence-corrected chi connectivity index (χ3v) is 3.12. The van der Waals surface area contributed by atoms with Crippen molar-refractivity contribution in [3.05, 3.63) is 11.9 Å². The number of aliphatic hydroxyl groups is 3. The van der Waals surface area contributed by atoms with Gasteiger partial charge in [-0.2, -0.15) is 9.37 Å². The second-order valence-electron chi connectivity index (χ2n) is 4.50. The van der Waals surface area contributed by atoms with Crippen molar-refractivity contribution in [2.45, 2.75) is 24.4 Å². The lowest BCUT2D eigenvalue weighted by molar-refractivity contribution is -0.191. The van der Waals surface area contributed by atoms with Gasteiger partial charge < -0.3 is 30.8 Å². The number of fused-ring (bicyclic) bond motifs is 1. The van der Waals surface area contributed by atoms with E-state index in [0.717, 1.165) is 0 Å². The molecule has 1 saturated heterocycles. The van der Waals surface area contributed by atoms with Gasteiger partial charge in [-0.05, 0) is 0 Å². The van der Waals surface area contributed by atoms with Crippen molar-refractivity contribution in [1.29, 1.82) is 0 Å². The number of ether oxygens (including phenoxy) is 1. The number of hydrogen-bond donors (Lipinski definition) is 5. The number of aliphatic hydroxyl groups excluding tert-OH is 3. The molecule has 0 bridgehead atoms. The molecule has 1 unspecified atom stereocenters. The first-order chi connectivity index (χ1) is 9.47. The number of nitrogen functional groups attached to an aromatic ring is 1. The van der Waals surface area contributed by atoms with Crippen LogP contribution >= 0.6 is 0 Å². The number of nitrogens with two attached hydrogens (primary N) is 1. The summed E-state index contributed by atoms with van der Waals surface area (Å²) in [5.41, 5.74) is 5.77. The summed E-state index contributed by atoms with van der Waals surface area (Å²) < 4.78 is 18.2. The van der Waals surface area contributed by atoms with E-state index in [-0.39, 0.29) is 29.4 Å². The second-order valence-corrected chi connectivity index (χ2v) is 4.50. The summed E-state index contributed by atoms with van der Waals surface area (Å²) in [6.07, 6.45) is -5.98. The maximum absolute atomic E-state index is 13.0. The number of rotatable bonds is 1. The van der Waals surface area contributed by atoms with E-state index in [1.165, 1.54) is 0 Å². The van der Waals surface area contributed by atoms with E-state index in [0.29, 0.717) is 0 Å². The lowest BCUT2D eigenvalue weighted by atomic mass is 9.99. The second kappa shape index (κ2) is 4.59. The molecule has 1 aliphatic heterocycles. The number of halogens is 1. The maximum atomic E-state index is 13.0. The van der Waals surface area contributed by atoms with Crippen LogP contribution in [-0.2, 0) is 4.74 Å². The van der Waals surface area contributed by atoms with Gasteiger partial charge in [-0.15, -0.1) is 0 Å². The minimum absolute atomic E-state index is 0.0126. The van der Waals surface area contributed by atoms with Gasteiger partial charge in [0.25, 0.3) is 6.08 Å². The minimum Gasteiger partial charge on any atom is -0.388 e. The molecule has 3 rings (SSSR count). The molecule has 0 aromatic carbocycles. The molecule has 0 amide bonds. The van der Waals surface area contributed by atoms with Crippen molar-refractivity contribution < 1.29 is 24.4 Å². The van der Waals surface area contributed by atoms with Crippen LogP contribution in [0.3, 0.4) is 0 Å². The van der Waals surface area contributed by atoms with Crippen LogP contribution in [0.15, 0.2) is 0 Å². The Kier molecular flexibility index (Phi) is 3.01. The fourth-order valence-corrected chi connectivity index (χ4v) is 2.07. The topological polar surface area (TPSA) is 150 Å². The molecule has 0 aliphatic carbocycles. The van der Waals surface area contributed by atoms with Gasteiger partial charge in [-0.1, -0.05) is 0 Å². The Balaban J connectivity index is 2.01. The molecule has 0 radical (unpaired) electrons.